The molecule has 33 heavy (non-hydrogen) atoms. The highest BCUT2D eigenvalue weighted by Gasteiger charge is 2.67. The van der Waals surface area contributed by atoms with Gasteiger partial charge in [0, 0.05) is 13.3 Å². The molecular weight excluding hydrogens is 408 g/mol. The number of carbonyl (C=O) groups is 1. The van der Waals surface area contributed by atoms with Crippen LogP contribution in [0.3, 0.4) is 0 Å². The lowest BCUT2D eigenvalue weighted by Gasteiger charge is -2.59. The highest BCUT2D eigenvalue weighted by molar-refractivity contribution is 5.66. The minimum atomic E-state index is -0.575. The Morgan fingerprint density at radius 1 is 0.939 bits per heavy atom. The van der Waals surface area contributed by atoms with Crippen molar-refractivity contribution in [2.75, 3.05) is 0 Å². The standard InChI is InChI=1S/C30H50O3/c1-19(2)8-7-9-20(3)24-12-13-25-23-11-10-22-18-30(32-21(4)31)27(33-30)15-17-28(22,5)26(23)14-16-29(24,25)6/h19-20,22-27H,7-18H2,1-6H3/t20-,22+,23-,24-,25+,26-,27-,28+,29-,30-/m1/s1. The molecule has 0 spiro atoms. The number of hydrogen-bond acceptors (Lipinski definition) is 3. The average Bonchev–Trinajstić information content (AvgIpc) is 3.29. The lowest BCUT2D eigenvalue weighted by Crippen LogP contribution is -2.52. The summed E-state index contributed by atoms with van der Waals surface area (Å²) in [5, 5.41) is 0. The van der Waals surface area contributed by atoms with Gasteiger partial charge in [-0.15, -0.1) is 0 Å². The molecule has 1 aliphatic heterocycles. The lowest BCUT2D eigenvalue weighted by molar-refractivity contribution is -0.163. The van der Waals surface area contributed by atoms with E-state index in [1.54, 1.807) is 0 Å². The third-order valence-electron chi connectivity index (χ3n) is 11.8. The van der Waals surface area contributed by atoms with Crippen LogP contribution in [0.15, 0.2) is 0 Å². The van der Waals surface area contributed by atoms with Crippen LogP contribution < -0.4 is 0 Å². The van der Waals surface area contributed by atoms with Gasteiger partial charge in [0.25, 0.3) is 0 Å². The van der Waals surface area contributed by atoms with E-state index in [2.05, 4.69) is 34.6 Å². The van der Waals surface area contributed by atoms with E-state index in [1.807, 2.05) is 0 Å². The fourth-order valence-electron chi connectivity index (χ4n) is 10.1. The fourth-order valence-corrected chi connectivity index (χ4v) is 10.1. The van der Waals surface area contributed by atoms with Gasteiger partial charge in [-0.05, 0) is 104 Å². The largest absolute Gasteiger partial charge is 0.430 e. The minimum absolute atomic E-state index is 0.152. The molecule has 0 bridgehead atoms. The van der Waals surface area contributed by atoms with Gasteiger partial charge < -0.3 is 9.47 Å². The summed E-state index contributed by atoms with van der Waals surface area (Å²) in [7, 11) is 0. The van der Waals surface area contributed by atoms with Crippen molar-refractivity contribution in [3.63, 3.8) is 0 Å². The van der Waals surface area contributed by atoms with E-state index in [1.165, 1.54) is 71.1 Å². The van der Waals surface area contributed by atoms with Gasteiger partial charge in [-0.2, -0.15) is 0 Å². The van der Waals surface area contributed by atoms with Crippen LogP contribution in [0.5, 0.6) is 0 Å². The van der Waals surface area contributed by atoms with Crippen molar-refractivity contribution >= 4 is 5.97 Å². The van der Waals surface area contributed by atoms with Crippen molar-refractivity contribution in [3.8, 4) is 0 Å². The summed E-state index contributed by atoms with van der Waals surface area (Å²) in [4.78, 5) is 11.8. The molecule has 0 amide bonds. The summed E-state index contributed by atoms with van der Waals surface area (Å²) in [5.41, 5.74) is 0.964. The molecule has 1 heterocycles. The van der Waals surface area contributed by atoms with Gasteiger partial charge in [-0.1, -0.05) is 53.9 Å². The zero-order valence-electron chi connectivity index (χ0n) is 22.3. The molecular formula is C30H50O3. The summed E-state index contributed by atoms with van der Waals surface area (Å²) in [6.07, 6.45) is 16.1. The maximum atomic E-state index is 11.8. The van der Waals surface area contributed by atoms with Crippen LogP contribution in [-0.2, 0) is 14.3 Å². The van der Waals surface area contributed by atoms with Crippen LogP contribution in [0.25, 0.3) is 0 Å². The Balaban J connectivity index is 1.29. The van der Waals surface area contributed by atoms with E-state index >= 15 is 0 Å². The second-order valence-electron chi connectivity index (χ2n) is 13.9. The van der Waals surface area contributed by atoms with Gasteiger partial charge in [-0.25, -0.2) is 0 Å². The van der Waals surface area contributed by atoms with Crippen molar-refractivity contribution in [1.82, 2.24) is 0 Å². The third kappa shape index (κ3) is 4.01. The zero-order valence-corrected chi connectivity index (χ0v) is 22.3. The molecule has 4 saturated carbocycles. The first kappa shape index (κ1) is 24.1. The molecule has 188 valence electrons. The monoisotopic (exact) mass is 458 g/mol. The first-order valence-electron chi connectivity index (χ1n) is 14.5. The number of esters is 1. The van der Waals surface area contributed by atoms with E-state index in [-0.39, 0.29) is 12.1 Å². The van der Waals surface area contributed by atoms with Gasteiger partial charge in [0.2, 0.25) is 5.79 Å². The Labute approximate surface area is 203 Å². The number of epoxide rings is 1. The van der Waals surface area contributed by atoms with Gasteiger partial charge in [0.15, 0.2) is 0 Å². The molecule has 5 rings (SSSR count). The highest BCUT2D eigenvalue weighted by atomic mass is 16.8. The Morgan fingerprint density at radius 3 is 2.39 bits per heavy atom. The number of rotatable bonds is 6. The highest BCUT2D eigenvalue weighted by Crippen LogP contribution is 2.69. The molecule has 0 aromatic rings. The minimum Gasteiger partial charge on any atom is -0.430 e. The second-order valence-corrected chi connectivity index (χ2v) is 13.9. The smallest absolute Gasteiger partial charge is 0.305 e. The van der Waals surface area contributed by atoms with Crippen molar-refractivity contribution in [2.45, 2.75) is 130 Å². The molecule has 10 atom stereocenters. The van der Waals surface area contributed by atoms with E-state index < -0.39 is 5.79 Å². The van der Waals surface area contributed by atoms with E-state index in [9.17, 15) is 4.79 Å². The molecule has 0 N–H and O–H groups in total. The number of fused-ring (bicyclic) bond motifs is 6. The van der Waals surface area contributed by atoms with Crippen LogP contribution in [0, 0.1) is 52.3 Å². The maximum absolute atomic E-state index is 11.8. The SMILES string of the molecule is CC(=O)O[C@@]12C[C@@H]3CC[C@H]4[C@@H](CC[C@]5(C)[C@@H]([C@H](C)CCCC(C)C)CC[C@@H]45)[C@@]3(C)CC[C@H]1O2. The second kappa shape index (κ2) is 8.52. The predicted octanol–water partition coefficient (Wildman–Crippen LogP) is 7.77. The Morgan fingerprint density at radius 2 is 1.67 bits per heavy atom. The molecule has 0 aromatic heterocycles. The van der Waals surface area contributed by atoms with E-state index in [0.717, 1.165) is 48.3 Å². The number of carbonyl (C=O) groups excluding carboxylic acids is 1. The molecule has 5 fully saturated rings. The van der Waals surface area contributed by atoms with Crippen molar-refractivity contribution in [2.24, 2.45) is 52.3 Å². The summed E-state index contributed by atoms with van der Waals surface area (Å²) in [6.45, 7) is 14.2. The molecule has 0 aromatic carbocycles. The maximum Gasteiger partial charge on any atom is 0.305 e. The molecule has 5 aliphatic rings. The topological polar surface area (TPSA) is 38.8 Å². The molecule has 0 unspecified atom stereocenters. The summed E-state index contributed by atoms with van der Waals surface area (Å²) in [6, 6.07) is 0. The first-order chi connectivity index (χ1) is 15.6. The molecule has 0 radical (unpaired) electrons. The fraction of sp³-hybridized carbons (Fsp3) is 0.967. The Hall–Kier alpha value is -0.570. The van der Waals surface area contributed by atoms with Gasteiger partial charge >= 0.3 is 5.97 Å². The van der Waals surface area contributed by atoms with E-state index in [4.69, 9.17) is 9.47 Å². The van der Waals surface area contributed by atoms with Crippen LogP contribution in [-0.4, -0.2) is 17.9 Å². The zero-order chi connectivity index (χ0) is 23.6. The quantitative estimate of drug-likeness (QED) is 0.301. The summed E-state index contributed by atoms with van der Waals surface area (Å²) in [5.74, 6) is 5.25. The van der Waals surface area contributed by atoms with Gasteiger partial charge in [0.05, 0.1) is 0 Å². The van der Waals surface area contributed by atoms with Gasteiger partial charge in [-0.3, -0.25) is 4.79 Å². The van der Waals surface area contributed by atoms with Crippen molar-refractivity contribution in [1.29, 1.82) is 0 Å². The normalized spacial score (nSPS) is 49.3. The van der Waals surface area contributed by atoms with Crippen molar-refractivity contribution < 1.29 is 14.3 Å². The third-order valence-corrected chi connectivity index (χ3v) is 11.8. The Bertz CT molecular complexity index is 747. The molecule has 3 heteroatoms. The lowest BCUT2D eigenvalue weighted by atomic mass is 9.45. The van der Waals surface area contributed by atoms with Crippen LogP contribution >= 0.6 is 0 Å². The van der Waals surface area contributed by atoms with Gasteiger partial charge in [0.1, 0.15) is 6.10 Å². The van der Waals surface area contributed by atoms with E-state index in [0.29, 0.717) is 16.7 Å². The predicted molar refractivity (Wildman–Crippen MR) is 132 cm³/mol. The Kier molecular flexibility index (Phi) is 6.24. The van der Waals surface area contributed by atoms with Crippen LogP contribution in [0.1, 0.15) is 119 Å². The first-order valence-corrected chi connectivity index (χ1v) is 14.5. The average molecular weight is 459 g/mol. The number of ether oxygens (including phenoxy) is 2. The number of hydrogen-bond donors (Lipinski definition) is 0. The molecule has 3 nitrogen and oxygen atoms in total. The molecule has 1 saturated heterocycles. The van der Waals surface area contributed by atoms with Crippen LogP contribution in [0.4, 0.5) is 0 Å². The molecule has 4 aliphatic carbocycles. The van der Waals surface area contributed by atoms with Crippen molar-refractivity contribution in [3.05, 3.63) is 0 Å². The summed E-state index contributed by atoms with van der Waals surface area (Å²) >= 11 is 0. The summed E-state index contributed by atoms with van der Waals surface area (Å²) < 4.78 is 11.8. The van der Waals surface area contributed by atoms with Crippen LogP contribution in [0.2, 0.25) is 0 Å².